The second-order valence-electron chi connectivity index (χ2n) is 5.74. The van der Waals surface area contributed by atoms with Gasteiger partial charge in [0.25, 0.3) is 5.91 Å². The molecular weight excluding hydrogens is 364 g/mol. The molecule has 1 fully saturated rings. The highest BCUT2D eigenvalue weighted by atomic mass is 16.6. The minimum atomic E-state index is -0.521. The third-order valence-electron chi connectivity index (χ3n) is 3.96. The molecule has 0 bridgehead atoms. The van der Waals surface area contributed by atoms with Crippen molar-refractivity contribution in [2.45, 2.75) is 0 Å². The first-order chi connectivity index (χ1) is 13.5. The zero-order valence-corrected chi connectivity index (χ0v) is 15.3. The lowest BCUT2D eigenvalue weighted by Gasteiger charge is -2.11. The molecule has 1 heterocycles. The highest BCUT2D eigenvalue weighted by Gasteiger charge is 2.34. The Bertz CT molecular complexity index is 939. The normalized spacial score (nSPS) is 14.8. The maximum atomic E-state index is 12.6. The van der Waals surface area contributed by atoms with E-state index < -0.39 is 17.9 Å². The molecule has 1 saturated heterocycles. The number of amides is 3. The van der Waals surface area contributed by atoms with Crippen LogP contribution in [0.2, 0.25) is 0 Å². The smallest absolute Gasteiger partial charge is 0.343 e. The summed E-state index contributed by atoms with van der Waals surface area (Å²) in [6.45, 7) is -0.256. The molecule has 8 nitrogen and oxygen atoms in total. The van der Waals surface area contributed by atoms with Crippen molar-refractivity contribution in [2.75, 3.05) is 25.7 Å². The Hall–Kier alpha value is -3.81. The van der Waals surface area contributed by atoms with Gasteiger partial charge in [0.05, 0.1) is 19.9 Å². The van der Waals surface area contributed by atoms with Crippen molar-refractivity contribution < 1.29 is 28.6 Å². The zero-order chi connectivity index (χ0) is 20.1. The lowest BCUT2D eigenvalue weighted by Crippen LogP contribution is -2.30. The van der Waals surface area contributed by atoms with Crippen LogP contribution in [0.15, 0.2) is 54.2 Å². The number of rotatable bonds is 6. The summed E-state index contributed by atoms with van der Waals surface area (Å²) in [7, 11) is 2.72. The summed E-state index contributed by atoms with van der Waals surface area (Å²) in [5, 5.41) is 2.57. The van der Waals surface area contributed by atoms with E-state index in [4.69, 9.17) is 9.47 Å². The number of ether oxygens (including phenoxy) is 3. The molecule has 3 rings (SSSR count). The molecule has 1 N–H and O–H groups in total. The van der Waals surface area contributed by atoms with E-state index in [0.717, 1.165) is 4.90 Å². The van der Waals surface area contributed by atoms with Crippen LogP contribution in [-0.4, -0.2) is 38.7 Å². The molecule has 2 aromatic rings. The molecule has 0 aromatic heterocycles. The van der Waals surface area contributed by atoms with Crippen LogP contribution in [0.3, 0.4) is 0 Å². The van der Waals surface area contributed by atoms with Crippen molar-refractivity contribution in [1.82, 2.24) is 5.32 Å². The molecule has 1 aliphatic heterocycles. The Morgan fingerprint density at radius 3 is 2.50 bits per heavy atom. The number of carbonyl (C=O) groups excluding carboxylic acids is 3. The van der Waals surface area contributed by atoms with Gasteiger partial charge in [0.1, 0.15) is 5.70 Å². The molecule has 0 unspecified atom stereocenters. The van der Waals surface area contributed by atoms with Gasteiger partial charge in [-0.1, -0.05) is 24.3 Å². The van der Waals surface area contributed by atoms with Crippen molar-refractivity contribution in [3.05, 3.63) is 59.8 Å². The van der Waals surface area contributed by atoms with E-state index in [0.29, 0.717) is 22.7 Å². The van der Waals surface area contributed by atoms with E-state index in [1.165, 1.54) is 20.3 Å². The minimum Gasteiger partial charge on any atom is -0.493 e. The molecule has 28 heavy (non-hydrogen) atoms. The van der Waals surface area contributed by atoms with E-state index >= 15 is 0 Å². The van der Waals surface area contributed by atoms with Crippen LogP contribution in [0.4, 0.5) is 10.5 Å². The predicted octanol–water partition coefficient (Wildman–Crippen LogP) is 2.34. The first-order valence-electron chi connectivity index (χ1n) is 8.33. The summed E-state index contributed by atoms with van der Waals surface area (Å²) in [4.78, 5) is 37.1. The fourth-order valence-electron chi connectivity index (χ4n) is 2.60. The first kappa shape index (κ1) is 19.0. The monoisotopic (exact) mass is 382 g/mol. The Kier molecular flexibility index (Phi) is 5.59. The number of nitrogens with zero attached hydrogens (tertiary/aromatic N) is 1. The lowest BCUT2D eigenvalue weighted by molar-refractivity contribution is -0.142. The van der Waals surface area contributed by atoms with Crippen LogP contribution in [0.1, 0.15) is 5.56 Å². The number of methoxy groups -OCH3 is 2. The topological polar surface area (TPSA) is 94.2 Å². The summed E-state index contributed by atoms with van der Waals surface area (Å²) in [5.41, 5.74) is 1.23. The summed E-state index contributed by atoms with van der Waals surface area (Å²) >= 11 is 0. The van der Waals surface area contributed by atoms with Crippen LogP contribution in [0.5, 0.6) is 11.5 Å². The summed E-state index contributed by atoms with van der Waals surface area (Å²) < 4.78 is 15.1. The van der Waals surface area contributed by atoms with Crippen molar-refractivity contribution in [2.24, 2.45) is 0 Å². The molecule has 0 spiro atoms. The second kappa shape index (κ2) is 8.26. The van der Waals surface area contributed by atoms with E-state index in [-0.39, 0.29) is 12.3 Å². The number of para-hydroxylation sites is 1. The van der Waals surface area contributed by atoms with Gasteiger partial charge in [-0.15, -0.1) is 0 Å². The van der Waals surface area contributed by atoms with Gasteiger partial charge in [-0.05, 0) is 35.9 Å². The van der Waals surface area contributed by atoms with Gasteiger partial charge in [0.2, 0.25) is 0 Å². The van der Waals surface area contributed by atoms with E-state index in [9.17, 15) is 14.4 Å². The zero-order valence-electron chi connectivity index (χ0n) is 15.3. The number of esters is 1. The number of anilines is 1. The Balaban J connectivity index is 1.82. The van der Waals surface area contributed by atoms with Crippen LogP contribution >= 0.6 is 0 Å². The van der Waals surface area contributed by atoms with E-state index in [1.54, 1.807) is 48.5 Å². The molecule has 0 atom stereocenters. The molecule has 0 radical (unpaired) electrons. The minimum absolute atomic E-state index is 0.138. The number of hydrogen-bond acceptors (Lipinski definition) is 6. The van der Waals surface area contributed by atoms with Gasteiger partial charge >= 0.3 is 12.0 Å². The van der Waals surface area contributed by atoms with Gasteiger partial charge in [-0.3, -0.25) is 4.79 Å². The quantitative estimate of drug-likeness (QED) is 0.468. The Morgan fingerprint density at radius 2 is 1.82 bits per heavy atom. The molecule has 0 saturated carbocycles. The van der Waals surface area contributed by atoms with Crippen LogP contribution in [-0.2, 0) is 14.3 Å². The van der Waals surface area contributed by atoms with Gasteiger partial charge in [0, 0.05) is 0 Å². The molecule has 1 aliphatic rings. The van der Waals surface area contributed by atoms with E-state index in [2.05, 4.69) is 10.1 Å². The van der Waals surface area contributed by atoms with Crippen LogP contribution < -0.4 is 19.7 Å². The summed E-state index contributed by atoms with van der Waals surface area (Å²) in [6.07, 6.45) is 1.54. The van der Waals surface area contributed by atoms with Crippen molar-refractivity contribution in [3.8, 4) is 11.5 Å². The lowest BCUT2D eigenvalue weighted by atomic mass is 10.1. The van der Waals surface area contributed by atoms with Gasteiger partial charge in [-0.2, -0.15) is 0 Å². The largest absolute Gasteiger partial charge is 0.493 e. The number of carbonyl (C=O) groups is 3. The Morgan fingerprint density at radius 1 is 1.07 bits per heavy atom. The number of imide groups is 1. The fraction of sp³-hybridized carbons (Fsp3) is 0.150. The third-order valence-corrected chi connectivity index (χ3v) is 3.96. The molecule has 144 valence electrons. The Labute approximate surface area is 161 Å². The van der Waals surface area contributed by atoms with Crippen molar-refractivity contribution >= 4 is 29.7 Å². The average molecular weight is 382 g/mol. The number of hydrogen-bond donors (Lipinski definition) is 1. The maximum Gasteiger partial charge on any atom is 0.343 e. The third kappa shape index (κ3) is 3.96. The van der Waals surface area contributed by atoms with E-state index in [1.807, 2.05) is 0 Å². The van der Waals surface area contributed by atoms with Crippen molar-refractivity contribution in [3.63, 3.8) is 0 Å². The molecule has 3 amide bonds. The van der Waals surface area contributed by atoms with Gasteiger partial charge in [0.15, 0.2) is 18.1 Å². The molecule has 2 aromatic carbocycles. The highest BCUT2D eigenvalue weighted by Crippen LogP contribution is 2.29. The maximum absolute atomic E-state index is 12.6. The summed E-state index contributed by atoms with van der Waals surface area (Å²) in [5.74, 6) is -0.257. The van der Waals surface area contributed by atoms with Crippen LogP contribution in [0.25, 0.3) is 6.08 Å². The average Bonchev–Trinajstić information content (AvgIpc) is 3.00. The molecule has 0 aliphatic carbocycles. The molecular formula is C20H18N2O6. The standard InChI is InChI=1S/C20H18N2O6/c1-26-17-11-13(8-9-16(17)28-12-18(23)27-2)10-15-19(24)22(20(25)21-15)14-6-4-3-5-7-14/h3-11H,12H2,1-2H3,(H,21,25). The van der Waals surface area contributed by atoms with Crippen LogP contribution in [0, 0.1) is 0 Å². The SMILES string of the molecule is COC(=O)COc1ccc(C=C2NC(=O)N(c3ccccc3)C2=O)cc1OC. The van der Waals surface area contributed by atoms with Gasteiger partial charge in [-0.25, -0.2) is 14.5 Å². The second-order valence-corrected chi connectivity index (χ2v) is 5.74. The van der Waals surface area contributed by atoms with Crippen molar-refractivity contribution in [1.29, 1.82) is 0 Å². The highest BCUT2D eigenvalue weighted by molar-refractivity contribution is 6.28. The number of nitrogens with one attached hydrogen (secondary N) is 1. The number of benzene rings is 2. The fourth-order valence-corrected chi connectivity index (χ4v) is 2.60. The van der Waals surface area contributed by atoms with Gasteiger partial charge < -0.3 is 19.5 Å². The predicted molar refractivity (Wildman–Crippen MR) is 101 cm³/mol. The summed E-state index contributed by atoms with van der Waals surface area (Å²) in [6, 6.07) is 13.0. The first-order valence-corrected chi connectivity index (χ1v) is 8.33. The number of urea groups is 1. The molecule has 8 heteroatoms.